The second kappa shape index (κ2) is 11.3. The summed E-state index contributed by atoms with van der Waals surface area (Å²) in [6.07, 6.45) is 3.42. The van der Waals surface area contributed by atoms with Gasteiger partial charge in [-0.2, -0.15) is 0 Å². The summed E-state index contributed by atoms with van der Waals surface area (Å²) in [5, 5.41) is 9.50. The van der Waals surface area contributed by atoms with Crippen molar-refractivity contribution >= 4 is 40.1 Å². The van der Waals surface area contributed by atoms with Crippen molar-refractivity contribution in [2.75, 3.05) is 36.0 Å². The predicted octanol–water partition coefficient (Wildman–Crippen LogP) is 4.91. The Hall–Kier alpha value is -4.48. The van der Waals surface area contributed by atoms with E-state index < -0.39 is 35.2 Å². The molecule has 1 saturated carbocycles. The third-order valence-electron chi connectivity index (χ3n) is 8.29. The van der Waals surface area contributed by atoms with Gasteiger partial charge in [-0.3, -0.25) is 9.69 Å². The van der Waals surface area contributed by atoms with Gasteiger partial charge in [0, 0.05) is 49.1 Å². The zero-order valence-electron chi connectivity index (χ0n) is 23.6. The second-order valence-electron chi connectivity index (χ2n) is 11.5. The molecule has 1 aliphatic carbocycles. The van der Waals surface area contributed by atoms with Crippen LogP contribution < -0.4 is 20.0 Å². The summed E-state index contributed by atoms with van der Waals surface area (Å²) in [4.78, 5) is 51.1. The number of ether oxygens (including phenoxy) is 2. The fraction of sp³-hybridized carbons (Fsp3) is 0.419. The number of halogens is 2. The molecule has 1 amide bonds. The Kier molecular flexibility index (Phi) is 7.53. The van der Waals surface area contributed by atoms with Gasteiger partial charge in [-0.25, -0.2) is 18.4 Å². The third kappa shape index (κ3) is 5.78. The largest absolute Gasteiger partial charge is 0.490 e. The van der Waals surface area contributed by atoms with Crippen molar-refractivity contribution < 1.29 is 37.7 Å². The molecule has 226 valence electrons. The van der Waals surface area contributed by atoms with Crippen molar-refractivity contribution in [1.82, 2.24) is 4.57 Å². The van der Waals surface area contributed by atoms with Crippen LogP contribution in [-0.2, 0) is 9.53 Å². The number of carbonyl (C=O) groups excluding carboxylic acids is 2. The highest BCUT2D eigenvalue weighted by Crippen LogP contribution is 2.39. The van der Waals surface area contributed by atoms with Crippen LogP contribution in [0.4, 0.5) is 25.0 Å². The van der Waals surface area contributed by atoms with E-state index in [2.05, 4.69) is 0 Å². The Morgan fingerprint density at radius 2 is 1.86 bits per heavy atom. The lowest BCUT2D eigenvalue weighted by molar-refractivity contribution is -0.117. The standard InChI is InChI=1S/C31H31F2N3O7/c1-17(37)2-6-21-14-36(31(41)43-21)20-5-7-28(25(33)10-20)42-16-18-8-9-34(13-18)27-12-26-22(11-24(27)32)29(38)23(30(39)40)15-35(26)19-3-4-19/h5,7,10-12,15,18-19,21H,2-4,6,8-9,13-14,16H2,1H3,(H,39,40)/t18-,21+/m1/s1. The maximum atomic E-state index is 15.3. The first kappa shape index (κ1) is 28.6. The van der Waals surface area contributed by atoms with Gasteiger partial charge >= 0.3 is 12.1 Å². The number of carboxylic acid groups (broad SMARTS) is 1. The van der Waals surface area contributed by atoms with Gasteiger partial charge in [0.25, 0.3) is 0 Å². The quantitative estimate of drug-likeness (QED) is 0.351. The average Bonchev–Trinajstić information content (AvgIpc) is 3.58. The number of ketones is 1. The molecule has 0 radical (unpaired) electrons. The summed E-state index contributed by atoms with van der Waals surface area (Å²) in [5.74, 6) is -2.57. The first-order valence-corrected chi connectivity index (χ1v) is 14.4. The topological polar surface area (TPSA) is 118 Å². The molecule has 1 aromatic heterocycles. The van der Waals surface area contributed by atoms with Crippen LogP contribution in [0.5, 0.6) is 5.75 Å². The Labute approximate surface area is 245 Å². The first-order chi connectivity index (χ1) is 20.6. The van der Waals surface area contributed by atoms with Gasteiger partial charge in [0.2, 0.25) is 5.43 Å². The van der Waals surface area contributed by atoms with Crippen LogP contribution in [0.25, 0.3) is 10.9 Å². The maximum Gasteiger partial charge on any atom is 0.414 e. The van der Waals surface area contributed by atoms with E-state index in [1.165, 1.54) is 30.2 Å². The highest BCUT2D eigenvalue weighted by Gasteiger charge is 2.33. The van der Waals surface area contributed by atoms with Crippen LogP contribution >= 0.6 is 0 Å². The van der Waals surface area contributed by atoms with E-state index >= 15 is 4.39 Å². The van der Waals surface area contributed by atoms with Gasteiger partial charge in [0.1, 0.15) is 23.3 Å². The minimum absolute atomic E-state index is 0.00506. The summed E-state index contributed by atoms with van der Waals surface area (Å²) >= 11 is 0. The van der Waals surface area contributed by atoms with Crippen LogP contribution in [-0.4, -0.2) is 59.9 Å². The number of aromatic carboxylic acids is 1. The summed E-state index contributed by atoms with van der Waals surface area (Å²) in [7, 11) is 0. The normalized spacial score (nSPS) is 20.1. The third-order valence-corrected chi connectivity index (χ3v) is 8.29. The van der Waals surface area contributed by atoms with Gasteiger partial charge in [-0.15, -0.1) is 0 Å². The van der Waals surface area contributed by atoms with Gasteiger partial charge in [-0.05, 0) is 56.9 Å². The number of hydrogen-bond acceptors (Lipinski definition) is 7. The number of fused-ring (bicyclic) bond motifs is 1. The van der Waals surface area contributed by atoms with Crippen molar-refractivity contribution in [3.63, 3.8) is 0 Å². The van der Waals surface area contributed by atoms with E-state index in [1.807, 2.05) is 4.90 Å². The number of carbonyl (C=O) groups is 3. The number of anilines is 2. The van der Waals surface area contributed by atoms with Crippen LogP contribution in [0.2, 0.25) is 0 Å². The Bertz CT molecular complexity index is 1690. The molecule has 10 nitrogen and oxygen atoms in total. The number of hydrogen-bond donors (Lipinski definition) is 1. The van der Waals surface area contributed by atoms with E-state index in [-0.39, 0.29) is 47.6 Å². The Morgan fingerprint density at radius 1 is 1.07 bits per heavy atom. The van der Waals surface area contributed by atoms with Gasteiger partial charge in [0.15, 0.2) is 11.6 Å². The molecule has 0 unspecified atom stereocenters. The number of rotatable bonds is 10. The van der Waals surface area contributed by atoms with Gasteiger partial charge < -0.3 is 28.8 Å². The summed E-state index contributed by atoms with van der Waals surface area (Å²) < 4.78 is 43.1. The van der Waals surface area contributed by atoms with Crippen LogP contribution in [0.15, 0.2) is 41.3 Å². The second-order valence-corrected chi connectivity index (χ2v) is 11.5. The molecular weight excluding hydrogens is 564 g/mol. The monoisotopic (exact) mass is 595 g/mol. The van der Waals surface area contributed by atoms with Gasteiger partial charge in [-0.1, -0.05) is 0 Å². The van der Waals surface area contributed by atoms with Crippen molar-refractivity contribution in [3.05, 3.63) is 63.9 Å². The van der Waals surface area contributed by atoms with Crippen molar-refractivity contribution in [2.45, 2.75) is 51.2 Å². The summed E-state index contributed by atoms with van der Waals surface area (Å²) in [6.45, 7) is 2.87. The average molecular weight is 596 g/mol. The van der Waals surface area contributed by atoms with Crippen molar-refractivity contribution in [2.24, 2.45) is 5.92 Å². The van der Waals surface area contributed by atoms with E-state index in [9.17, 15) is 28.7 Å². The molecule has 0 spiro atoms. The van der Waals surface area contributed by atoms with E-state index in [0.717, 1.165) is 18.9 Å². The molecule has 12 heteroatoms. The number of carboxylic acids is 1. The molecule has 2 saturated heterocycles. The summed E-state index contributed by atoms with van der Waals surface area (Å²) in [5.41, 5.74) is 0.0721. The molecule has 6 rings (SSSR count). The molecule has 1 N–H and O–H groups in total. The van der Waals surface area contributed by atoms with Crippen LogP contribution in [0.1, 0.15) is 55.4 Å². The minimum Gasteiger partial charge on any atom is -0.490 e. The Balaban J connectivity index is 1.12. The lowest BCUT2D eigenvalue weighted by Crippen LogP contribution is -2.25. The maximum absolute atomic E-state index is 15.3. The molecule has 43 heavy (non-hydrogen) atoms. The number of cyclic esters (lactones) is 1. The zero-order valence-corrected chi connectivity index (χ0v) is 23.6. The highest BCUT2D eigenvalue weighted by atomic mass is 19.1. The Morgan fingerprint density at radius 3 is 2.56 bits per heavy atom. The van der Waals surface area contributed by atoms with Gasteiger partial charge in [0.05, 0.1) is 30.0 Å². The fourth-order valence-electron chi connectivity index (χ4n) is 5.82. The SMILES string of the molecule is CC(=O)CC[C@H]1CN(c2ccc(OC[C@@H]3CCN(c4cc5c(cc4F)c(=O)c(C(=O)O)cn5C4CC4)C3)c(F)c2)C(=O)O1. The molecule has 2 atom stereocenters. The molecule has 3 aromatic rings. The number of benzene rings is 2. The van der Waals surface area contributed by atoms with Crippen LogP contribution in [0, 0.1) is 17.6 Å². The number of amides is 1. The molecule has 2 aliphatic heterocycles. The van der Waals surface area contributed by atoms with Crippen molar-refractivity contribution in [3.8, 4) is 5.75 Å². The number of Topliss-reactive ketones (excluding diaryl/α,β-unsaturated/α-hetero) is 1. The van der Waals surface area contributed by atoms with Crippen molar-refractivity contribution in [1.29, 1.82) is 0 Å². The number of pyridine rings is 1. The van der Waals surface area contributed by atoms with E-state index in [1.54, 1.807) is 16.7 Å². The van der Waals surface area contributed by atoms with E-state index in [0.29, 0.717) is 49.2 Å². The number of nitrogens with zero attached hydrogens (tertiary/aromatic N) is 3. The number of aromatic nitrogens is 1. The molecule has 3 aliphatic rings. The molecule has 3 heterocycles. The molecular formula is C31H31F2N3O7. The zero-order chi connectivity index (χ0) is 30.4. The molecule has 0 bridgehead atoms. The molecule has 2 aromatic carbocycles. The summed E-state index contributed by atoms with van der Waals surface area (Å²) in [6, 6.07) is 7.06. The lowest BCUT2D eigenvalue weighted by Gasteiger charge is -2.21. The highest BCUT2D eigenvalue weighted by molar-refractivity contribution is 5.94. The predicted molar refractivity (Wildman–Crippen MR) is 153 cm³/mol. The minimum atomic E-state index is -1.34. The smallest absolute Gasteiger partial charge is 0.414 e. The molecule has 3 fully saturated rings. The lowest BCUT2D eigenvalue weighted by atomic mass is 10.1. The van der Waals surface area contributed by atoms with Crippen LogP contribution in [0.3, 0.4) is 0 Å². The van der Waals surface area contributed by atoms with E-state index in [4.69, 9.17) is 9.47 Å². The first-order valence-electron chi connectivity index (χ1n) is 14.4. The fourth-order valence-corrected chi connectivity index (χ4v) is 5.82.